The summed E-state index contributed by atoms with van der Waals surface area (Å²) in [5, 5.41) is 2.95. The standard InChI is InChI=1S/C17H18N4O2/c22-16(14-8-4-5-11-18-14)21-20-15(12-6-2-1-3-7-12)17(23)19-13-9-10-13/h1-8,11,13,15,20H,9-10H2,(H,19,23)(H,21,22)/t15-/m1/s1. The third kappa shape index (κ3) is 4.14. The van der Waals surface area contributed by atoms with E-state index in [0.29, 0.717) is 0 Å². The summed E-state index contributed by atoms with van der Waals surface area (Å²) in [5.41, 5.74) is 6.45. The molecule has 1 aliphatic carbocycles. The molecule has 2 amide bonds. The van der Waals surface area contributed by atoms with Crippen LogP contribution >= 0.6 is 0 Å². The van der Waals surface area contributed by atoms with Gasteiger partial charge in [0.1, 0.15) is 11.7 Å². The molecule has 23 heavy (non-hydrogen) atoms. The van der Waals surface area contributed by atoms with Gasteiger partial charge in [0.15, 0.2) is 0 Å². The van der Waals surface area contributed by atoms with Crippen molar-refractivity contribution in [3.8, 4) is 0 Å². The molecule has 3 rings (SSSR count). The SMILES string of the molecule is O=C(NN[C@@H](C(=O)NC1CC1)c1ccccc1)c1ccccn1. The number of pyridine rings is 1. The maximum Gasteiger partial charge on any atom is 0.283 e. The minimum absolute atomic E-state index is 0.153. The molecule has 0 spiro atoms. The molecule has 1 aromatic carbocycles. The highest BCUT2D eigenvalue weighted by atomic mass is 16.2. The molecule has 0 saturated heterocycles. The van der Waals surface area contributed by atoms with Gasteiger partial charge in [0, 0.05) is 12.2 Å². The molecule has 0 radical (unpaired) electrons. The van der Waals surface area contributed by atoms with Crippen LogP contribution in [0.25, 0.3) is 0 Å². The summed E-state index contributed by atoms with van der Waals surface area (Å²) in [5.74, 6) is -0.536. The second kappa shape index (κ2) is 7.02. The van der Waals surface area contributed by atoms with E-state index in [9.17, 15) is 9.59 Å². The van der Waals surface area contributed by atoms with Crippen molar-refractivity contribution < 1.29 is 9.59 Å². The molecule has 0 bridgehead atoms. The zero-order valence-electron chi connectivity index (χ0n) is 12.5. The molecule has 1 heterocycles. The molecular formula is C17H18N4O2. The zero-order chi connectivity index (χ0) is 16.1. The fourth-order valence-electron chi connectivity index (χ4n) is 2.16. The monoisotopic (exact) mass is 310 g/mol. The summed E-state index contributed by atoms with van der Waals surface area (Å²) < 4.78 is 0. The Morgan fingerprint density at radius 1 is 1.04 bits per heavy atom. The second-order valence-electron chi connectivity index (χ2n) is 5.44. The van der Waals surface area contributed by atoms with Gasteiger partial charge in [0.2, 0.25) is 5.91 Å². The molecule has 1 fully saturated rings. The summed E-state index contributed by atoms with van der Waals surface area (Å²) in [6.45, 7) is 0. The summed E-state index contributed by atoms with van der Waals surface area (Å²) >= 11 is 0. The summed E-state index contributed by atoms with van der Waals surface area (Å²) in [4.78, 5) is 28.5. The zero-order valence-corrected chi connectivity index (χ0v) is 12.5. The van der Waals surface area contributed by atoms with Gasteiger partial charge < -0.3 is 5.32 Å². The Morgan fingerprint density at radius 3 is 2.43 bits per heavy atom. The molecule has 1 saturated carbocycles. The van der Waals surface area contributed by atoms with Crippen molar-refractivity contribution in [3.63, 3.8) is 0 Å². The smallest absolute Gasteiger partial charge is 0.283 e. The van der Waals surface area contributed by atoms with Crippen molar-refractivity contribution >= 4 is 11.8 Å². The Bertz CT molecular complexity index is 672. The van der Waals surface area contributed by atoms with Gasteiger partial charge in [0.25, 0.3) is 5.91 Å². The Hall–Kier alpha value is -2.73. The first-order chi connectivity index (χ1) is 11.2. The van der Waals surface area contributed by atoms with E-state index in [4.69, 9.17) is 0 Å². The molecule has 1 aliphatic rings. The average molecular weight is 310 g/mol. The lowest BCUT2D eigenvalue weighted by Crippen LogP contribution is -2.47. The number of benzene rings is 1. The minimum Gasteiger partial charge on any atom is -0.352 e. The normalized spacial score (nSPS) is 14.8. The molecule has 6 heteroatoms. The van der Waals surface area contributed by atoms with Crippen LogP contribution in [-0.2, 0) is 4.79 Å². The van der Waals surface area contributed by atoms with Crippen LogP contribution in [0.3, 0.4) is 0 Å². The van der Waals surface area contributed by atoms with Crippen LogP contribution in [0.1, 0.15) is 34.9 Å². The predicted molar refractivity (Wildman–Crippen MR) is 85.2 cm³/mol. The topological polar surface area (TPSA) is 83.1 Å². The van der Waals surface area contributed by atoms with Gasteiger partial charge in [-0.2, -0.15) is 0 Å². The summed E-state index contributed by atoms with van der Waals surface area (Å²) in [6, 6.07) is 14.0. The van der Waals surface area contributed by atoms with Crippen molar-refractivity contribution in [3.05, 3.63) is 66.0 Å². The van der Waals surface area contributed by atoms with E-state index in [0.717, 1.165) is 18.4 Å². The van der Waals surface area contributed by atoms with Gasteiger partial charge in [0.05, 0.1) is 0 Å². The van der Waals surface area contributed by atoms with Crippen LogP contribution in [0.15, 0.2) is 54.7 Å². The van der Waals surface area contributed by atoms with Crippen molar-refractivity contribution in [1.29, 1.82) is 0 Å². The van der Waals surface area contributed by atoms with Crippen LogP contribution in [-0.4, -0.2) is 22.8 Å². The Balaban J connectivity index is 1.68. The largest absolute Gasteiger partial charge is 0.352 e. The first kappa shape index (κ1) is 15.2. The molecule has 0 unspecified atom stereocenters. The Labute approximate surface area is 134 Å². The lowest BCUT2D eigenvalue weighted by Gasteiger charge is -2.19. The van der Waals surface area contributed by atoms with Gasteiger partial charge in [-0.3, -0.25) is 20.0 Å². The van der Waals surface area contributed by atoms with Gasteiger partial charge in [-0.25, -0.2) is 5.43 Å². The highest BCUT2D eigenvalue weighted by Gasteiger charge is 2.28. The average Bonchev–Trinajstić information content (AvgIpc) is 3.40. The number of carbonyl (C=O) groups excluding carboxylic acids is 2. The van der Waals surface area contributed by atoms with Crippen LogP contribution in [0.2, 0.25) is 0 Å². The number of carbonyl (C=O) groups is 2. The number of hydrogen-bond acceptors (Lipinski definition) is 4. The van der Waals surface area contributed by atoms with Crippen molar-refractivity contribution in [2.45, 2.75) is 24.9 Å². The number of amides is 2. The number of nitrogens with one attached hydrogen (secondary N) is 3. The molecule has 1 atom stereocenters. The van der Waals surface area contributed by atoms with E-state index < -0.39 is 6.04 Å². The lowest BCUT2D eigenvalue weighted by molar-refractivity contribution is -0.123. The summed E-state index contributed by atoms with van der Waals surface area (Å²) in [6.07, 6.45) is 3.56. The number of nitrogens with zero attached hydrogens (tertiary/aromatic N) is 1. The molecule has 118 valence electrons. The van der Waals surface area contributed by atoms with Gasteiger partial charge in [-0.05, 0) is 30.5 Å². The van der Waals surface area contributed by atoms with E-state index in [-0.39, 0.29) is 23.6 Å². The van der Waals surface area contributed by atoms with E-state index in [2.05, 4.69) is 21.2 Å². The van der Waals surface area contributed by atoms with Crippen LogP contribution in [0.5, 0.6) is 0 Å². The number of rotatable bonds is 6. The second-order valence-corrected chi connectivity index (χ2v) is 5.44. The molecule has 6 nitrogen and oxygen atoms in total. The quantitative estimate of drug-likeness (QED) is 0.703. The van der Waals surface area contributed by atoms with E-state index >= 15 is 0 Å². The van der Waals surface area contributed by atoms with Crippen LogP contribution in [0.4, 0.5) is 0 Å². The summed E-state index contributed by atoms with van der Waals surface area (Å²) in [7, 11) is 0. The van der Waals surface area contributed by atoms with Crippen molar-refractivity contribution in [2.75, 3.05) is 0 Å². The molecule has 2 aromatic rings. The predicted octanol–water partition coefficient (Wildman–Crippen LogP) is 1.34. The van der Waals surface area contributed by atoms with Crippen molar-refractivity contribution in [1.82, 2.24) is 21.2 Å². The third-order valence-corrected chi connectivity index (χ3v) is 3.55. The molecule has 3 N–H and O–H groups in total. The molecular weight excluding hydrogens is 292 g/mol. The first-order valence-corrected chi connectivity index (χ1v) is 7.56. The molecule has 1 aromatic heterocycles. The number of hydrogen-bond donors (Lipinski definition) is 3. The van der Waals surface area contributed by atoms with E-state index in [1.807, 2.05) is 30.3 Å². The lowest BCUT2D eigenvalue weighted by atomic mass is 10.1. The van der Waals surface area contributed by atoms with Gasteiger partial charge >= 0.3 is 0 Å². The fourth-order valence-corrected chi connectivity index (χ4v) is 2.16. The minimum atomic E-state index is -0.649. The number of aromatic nitrogens is 1. The van der Waals surface area contributed by atoms with Gasteiger partial charge in [-0.15, -0.1) is 0 Å². The number of hydrazine groups is 1. The first-order valence-electron chi connectivity index (χ1n) is 7.56. The third-order valence-electron chi connectivity index (χ3n) is 3.55. The van der Waals surface area contributed by atoms with Crippen molar-refractivity contribution in [2.24, 2.45) is 0 Å². The fraction of sp³-hybridized carbons (Fsp3) is 0.235. The highest BCUT2D eigenvalue weighted by Crippen LogP contribution is 2.21. The Morgan fingerprint density at radius 2 is 1.78 bits per heavy atom. The maximum absolute atomic E-state index is 12.4. The highest BCUT2D eigenvalue weighted by molar-refractivity contribution is 5.92. The van der Waals surface area contributed by atoms with E-state index in [1.54, 1.807) is 24.4 Å². The van der Waals surface area contributed by atoms with Crippen LogP contribution in [0, 0.1) is 0 Å². The van der Waals surface area contributed by atoms with Crippen LogP contribution < -0.4 is 16.2 Å². The molecule has 0 aliphatic heterocycles. The van der Waals surface area contributed by atoms with E-state index in [1.165, 1.54) is 0 Å². The Kier molecular flexibility index (Phi) is 4.63. The van der Waals surface area contributed by atoms with Gasteiger partial charge in [-0.1, -0.05) is 36.4 Å². The maximum atomic E-state index is 12.4.